The first kappa shape index (κ1) is 15.8. The largest absolute Gasteiger partial charge is 0.319 e. The molecule has 1 amide bonds. The lowest BCUT2D eigenvalue weighted by molar-refractivity contribution is -0.116. The highest BCUT2D eigenvalue weighted by Gasteiger charge is 2.11. The first-order valence-corrected chi connectivity index (χ1v) is 7.26. The van der Waals surface area contributed by atoms with Crippen molar-refractivity contribution in [2.45, 2.75) is 13.0 Å². The number of rotatable bonds is 6. The molecule has 7 heteroatoms. The van der Waals surface area contributed by atoms with Crippen molar-refractivity contribution in [1.29, 1.82) is 0 Å². The molecule has 0 saturated carbocycles. The molecule has 0 bridgehead atoms. The first-order valence-electron chi connectivity index (χ1n) is 6.51. The predicted octanol–water partition coefficient (Wildman–Crippen LogP) is 2.79. The van der Waals surface area contributed by atoms with Crippen molar-refractivity contribution in [2.75, 3.05) is 18.9 Å². The number of anilines is 1. The molecule has 0 saturated heterocycles. The maximum Gasteiger partial charge on any atom is 0.226 e. The molecule has 1 heterocycles. The minimum absolute atomic E-state index is 0.0728. The number of carbonyl (C=O) groups is 1. The number of hydrogen-bond donors (Lipinski definition) is 2. The van der Waals surface area contributed by atoms with Crippen molar-refractivity contribution in [1.82, 2.24) is 15.1 Å². The highest BCUT2D eigenvalue weighted by molar-refractivity contribution is 6.35. The fourth-order valence-electron chi connectivity index (χ4n) is 1.84. The summed E-state index contributed by atoms with van der Waals surface area (Å²) in [5, 5.41) is 11.1. The van der Waals surface area contributed by atoms with Crippen molar-refractivity contribution in [2.24, 2.45) is 0 Å². The molecule has 0 unspecified atom stereocenters. The quantitative estimate of drug-likeness (QED) is 0.858. The molecule has 2 N–H and O–H groups in total. The van der Waals surface area contributed by atoms with Crippen LogP contribution in [0.1, 0.15) is 12.0 Å². The van der Waals surface area contributed by atoms with Gasteiger partial charge in [0.2, 0.25) is 5.91 Å². The van der Waals surface area contributed by atoms with Gasteiger partial charge < -0.3 is 10.6 Å². The first-order chi connectivity index (χ1) is 10.1. The summed E-state index contributed by atoms with van der Waals surface area (Å²) in [4.78, 5) is 11.8. The van der Waals surface area contributed by atoms with E-state index in [0.717, 1.165) is 5.56 Å². The van der Waals surface area contributed by atoms with Crippen molar-refractivity contribution in [3.8, 4) is 0 Å². The van der Waals surface area contributed by atoms with Gasteiger partial charge in [-0.25, -0.2) is 4.68 Å². The minimum Gasteiger partial charge on any atom is -0.319 e. The maximum absolute atomic E-state index is 11.8. The molecule has 21 heavy (non-hydrogen) atoms. The van der Waals surface area contributed by atoms with Gasteiger partial charge in [-0.15, -0.1) is 0 Å². The number of carbonyl (C=O) groups excluding carboxylic acids is 1. The van der Waals surface area contributed by atoms with Crippen molar-refractivity contribution < 1.29 is 4.79 Å². The van der Waals surface area contributed by atoms with Gasteiger partial charge >= 0.3 is 0 Å². The van der Waals surface area contributed by atoms with Crippen LogP contribution in [0.4, 0.5) is 5.82 Å². The van der Waals surface area contributed by atoms with Crippen LogP contribution in [0.2, 0.25) is 10.0 Å². The summed E-state index contributed by atoms with van der Waals surface area (Å²) < 4.78 is 1.66. The Labute approximate surface area is 133 Å². The Morgan fingerprint density at radius 2 is 2.00 bits per heavy atom. The third-order valence-electron chi connectivity index (χ3n) is 2.96. The number of benzene rings is 1. The lowest BCUT2D eigenvalue weighted by atomic mass is 10.2. The second kappa shape index (κ2) is 7.45. The fourth-order valence-corrected chi connectivity index (χ4v) is 2.36. The molecule has 1 aromatic heterocycles. The summed E-state index contributed by atoms with van der Waals surface area (Å²) in [6.07, 6.45) is 2.02. The van der Waals surface area contributed by atoms with E-state index < -0.39 is 0 Å². The van der Waals surface area contributed by atoms with E-state index in [0.29, 0.717) is 35.4 Å². The Kier molecular flexibility index (Phi) is 5.61. The smallest absolute Gasteiger partial charge is 0.226 e. The molecule has 1 aromatic carbocycles. The van der Waals surface area contributed by atoms with Crippen molar-refractivity contribution in [3.63, 3.8) is 0 Å². The predicted molar refractivity (Wildman–Crippen MR) is 85.0 cm³/mol. The van der Waals surface area contributed by atoms with Crippen LogP contribution in [0, 0.1) is 0 Å². The molecule has 0 aliphatic carbocycles. The summed E-state index contributed by atoms with van der Waals surface area (Å²) in [5.74, 6) is 0.545. The molecule has 0 aliphatic rings. The summed E-state index contributed by atoms with van der Waals surface area (Å²) >= 11 is 12.3. The maximum atomic E-state index is 11.8. The van der Waals surface area contributed by atoms with Crippen LogP contribution < -0.4 is 10.6 Å². The molecule has 0 spiro atoms. The second-order valence-electron chi connectivity index (χ2n) is 4.48. The third kappa shape index (κ3) is 4.20. The van der Waals surface area contributed by atoms with Gasteiger partial charge in [0.25, 0.3) is 0 Å². The number of halogens is 2. The van der Waals surface area contributed by atoms with Gasteiger partial charge in [0.05, 0.1) is 12.7 Å². The lowest BCUT2D eigenvalue weighted by Crippen LogP contribution is -2.20. The number of nitrogens with one attached hydrogen (secondary N) is 2. The van der Waals surface area contributed by atoms with Crippen LogP contribution in [0.25, 0.3) is 0 Å². The SMILES string of the molecule is CNCCC(=O)Nc1ccnn1Cc1c(Cl)cccc1Cl. The van der Waals surface area contributed by atoms with Crippen LogP contribution >= 0.6 is 23.2 Å². The number of nitrogens with zero attached hydrogens (tertiary/aromatic N) is 2. The standard InChI is InChI=1S/C14H16Cl2N4O/c1-17-7-6-14(21)19-13-5-8-18-20(13)9-10-11(15)3-2-4-12(10)16/h2-5,8,17H,6-7,9H2,1H3,(H,19,21). The summed E-state index contributed by atoms with van der Waals surface area (Å²) in [7, 11) is 1.80. The van der Waals surface area contributed by atoms with Gasteiger partial charge in [-0.1, -0.05) is 29.3 Å². The van der Waals surface area contributed by atoms with E-state index in [1.807, 2.05) is 0 Å². The van der Waals surface area contributed by atoms with Crippen LogP contribution in [-0.4, -0.2) is 29.3 Å². The number of hydrogen-bond acceptors (Lipinski definition) is 3. The molecule has 2 rings (SSSR count). The van der Waals surface area contributed by atoms with Gasteiger partial charge in [0.15, 0.2) is 0 Å². The van der Waals surface area contributed by atoms with E-state index in [4.69, 9.17) is 23.2 Å². The monoisotopic (exact) mass is 326 g/mol. The van der Waals surface area contributed by atoms with E-state index in [1.165, 1.54) is 0 Å². The van der Waals surface area contributed by atoms with E-state index in [1.54, 1.807) is 42.2 Å². The molecule has 0 fully saturated rings. The van der Waals surface area contributed by atoms with Crippen molar-refractivity contribution >= 4 is 34.9 Å². The zero-order chi connectivity index (χ0) is 15.2. The molecule has 0 atom stereocenters. The third-order valence-corrected chi connectivity index (χ3v) is 3.66. The van der Waals surface area contributed by atoms with Gasteiger partial charge in [-0.05, 0) is 19.2 Å². The summed E-state index contributed by atoms with van der Waals surface area (Å²) in [6, 6.07) is 7.08. The number of aromatic nitrogens is 2. The van der Waals surface area contributed by atoms with E-state index in [9.17, 15) is 4.79 Å². The second-order valence-corrected chi connectivity index (χ2v) is 5.29. The molecule has 0 radical (unpaired) electrons. The van der Waals surface area contributed by atoms with Gasteiger partial charge in [0, 0.05) is 34.6 Å². The molecule has 0 aliphatic heterocycles. The Morgan fingerprint density at radius 1 is 1.29 bits per heavy atom. The highest BCUT2D eigenvalue weighted by atomic mass is 35.5. The van der Waals surface area contributed by atoms with E-state index in [2.05, 4.69) is 15.7 Å². The Morgan fingerprint density at radius 3 is 2.67 bits per heavy atom. The van der Waals surface area contributed by atoms with Crippen molar-refractivity contribution in [3.05, 3.63) is 46.1 Å². The van der Waals surface area contributed by atoms with Gasteiger partial charge in [-0.2, -0.15) is 5.10 Å². The van der Waals surface area contributed by atoms with E-state index in [-0.39, 0.29) is 5.91 Å². The van der Waals surface area contributed by atoms with Crippen LogP contribution in [-0.2, 0) is 11.3 Å². The average molecular weight is 327 g/mol. The molecule has 5 nitrogen and oxygen atoms in total. The van der Waals surface area contributed by atoms with E-state index >= 15 is 0 Å². The minimum atomic E-state index is -0.0728. The highest BCUT2D eigenvalue weighted by Crippen LogP contribution is 2.25. The van der Waals surface area contributed by atoms with Gasteiger partial charge in [-0.3, -0.25) is 4.79 Å². The Hall–Kier alpha value is -1.56. The average Bonchev–Trinajstić information content (AvgIpc) is 2.88. The van der Waals surface area contributed by atoms with Crippen LogP contribution in [0.3, 0.4) is 0 Å². The van der Waals surface area contributed by atoms with Crippen LogP contribution in [0.15, 0.2) is 30.5 Å². The zero-order valence-corrected chi connectivity index (χ0v) is 13.1. The molecular weight excluding hydrogens is 311 g/mol. The Bertz CT molecular complexity index is 607. The fraction of sp³-hybridized carbons (Fsp3) is 0.286. The lowest BCUT2D eigenvalue weighted by Gasteiger charge is -2.11. The molecule has 112 valence electrons. The zero-order valence-electron chi connectivity index (χ0n) is 11.6. The summed E-state index contributed by atoms with van der Waals surface area (Å²) in [5.41, 5.74) is 0.773. The number of amides is 1. The topological polar surface area (TPSA) is 59.0 Å². The van der Waals surface area contributed by atoms with Gasteiger partial charge in [0.1, 0.15) is 5.82 Å². The van der Waals surface area contributed by atoms with Crippen LogP contribution in [0.5, 0.6) is 0 Å². The normalized spacial score (nSPS) is 10.6. The molecular formula is C14H16Cl2N4O. The molecule has 2 aromatic rings. The summed E-state index contributed by atoms with van der Waals surface area (Å²) in [6.45, 7) is 1.02. The Balaban J connectivity index is 2.12.